The minimum absolute atomic E-state index is 0.114. The lowest BCUT2D eigenvalue weighted by molar-refractivity contribution is -0.138. The van der Waals surface area contributed by atoms with E-state index in [-0.39, 0.29) is 12.1 Å². The summed E-state index contributed by atoms with van der Waals surface area (Å²) < 4.78 is 38.3. The molecule has 0 saturated carbocycles. The maximum Gasteiger partial charge on any atom is 0.416 e. The topological polar surface area (TPSA) is 32.3 Å². The van der Waals surface area contributed by atoms with Crippen LogP contribution in [0.3, 0.4) is 0 Å². The molecule has 1 aromatic carbocycles. The molecule has 0 aromatic heterocycles. The highest BCUT2D eigenvalue weighted by atomic mass is 32.2. The second-order valence-corrected chi connectivity index (χ2v) is 5.89. The number of hydrogen-bond acceptors (Lipinski definition) is 3. The van der Waals surface area contributed by atoms with Crippen LogP contribution in [0.15, 0.2) is 24.3 Å². The van der Waals surface area contributed by atoms with Crippen molar-refractivity contribution in [3.05, 3.63) is 35.4 Å². The molecule has 1 atom stereocenters. The Labute approximate surface area is 114 Å². The fourth-order valence-corrected chi connectivity index (χ4v) is 3.41. The van der Waals surface area contributed by atoms with E-state index in [0.717, 1.165) is 11.8 Å². The Balaban J connectivity index is 1.96. The van der Waals surface area contributed by atoms with Gasteiger partial charge in [0.1, 0.15) is 0 Å². The van der Waals surface area contributed by atoms with Gasteiger partial charge in [0, 0.05) is 18.8 Å². The predicted molar refractivity (Wildman–Crippen MR) is 70.0 cm³/mol. The molecule has 0 aliphatic carbocycles. The third-order valence-corrected chi connectivity index (χ3v) is 4.41. The van der Waals surface area contributed by atoms with Crippen molar-refractivity contribution >= 4 is 11.8 Å². The van der Waals surface area contributed by atoms with Gasteiger partial charge in [-0.2, -0.15) is 24.9 Å². The minimum Gasteiger partial charge on any atom is -0.388 e. The summed E-state index contributed by atoms with van der Waals surface area (Å²) in [4.78, 5) is 0. The molecule has 19 heavy (non-hydrogen) atoms. The summed E-state index contributed by atoms with van der Waals surface area (Å²) in [6, 6.07) is 5.51. The van der Waals surface area contributed by atoms with Crippen LogP contribution in [-0.2, 0) is 12.7 Å². The lowest BCUT2D eigenvalue weighted by Gasteiger charge is -2.22. The van der Waals surface area contributed by atoms with Crippen LogP contribution >= 0.6 is 11.8 Å². The Morgan fingerprint density at radius 1 is 1.32 bits per heavy atom. The first-order valence-corrected chi connectivity index (χ1v) is 7.22. The minimum atomic E-state index is -4.33. The maximum absolute atomic E-state index is 12.8. The van der Waals surface area contributed by atoms with Crippen LogP contribution in [0.5, 0.6) is 0 Å². The molecule has 2 rings (SSSR count). The predicted octanol–water partition coefficient (Wildman–Crippen LogP) is 2.66. The van der Waals surface area contributed by atoms with Gasteiger partial charge in [-0.1, -0.05) is 18.2 Å². The van der Waals surface area contributed by atoms with Crippen LogP contribution in [0.4, 0.5) is 13.2 Å². The van der Waals surface area contributed by atoms with Crippen molar-refractivity contribution in [1.82, 2.24) is 5.32 Å². The Morgan fingerprint density at radius 2 is 2.05 bits per heavy atom. The average molecular weight is 291 g/mol. The zero-order valence-corrected chi connectivity index (χ0v) is 11.2. The molecule has 2 N–H and O–H groups in total. The Kier molecular flexibility index (Phi) is 4.43. The molecule has 1 heterocycles. The van der Waals surface area contributed by atoms with E-state index in [1.807, 2.05) is 0 Å². The Morgan fingerprint density at radius 3 is 2.68 bits per heavy atom. The van der Waals surface area contributed by atoms with Crippen LogP contribution in [-0.4, -0.2) is 28.8 Å². The van der Waals surface area contributed by atoms with Gasteiger partial charge in [-0.05, 0) is 23.8 Å². The smallest absolute Gasteiger partial charge is 0.388 e. The van der Waals surface area contributed by atoms with Crippen molar-refractivity contribution in [2.45, 2.75) is 24.7 Å². The van der Waals surface area contributed by atoms with Gasteiger partial charge < -0.3 is 10.4 Å². The maximum atomic E-state index is 12.8. The van der Waals surface area contributed by atoms with E-state index in [0.29, 0.717) is 18.7 Å². The summed E-state index contributed by atoms with van der Waals surface area (Å²) in [6.07, 6.45) is -3.65. The normalized spacial score (nSPS) is 23.8. The van der Waals surface area contributed by atoms with Gasteiger partial charge in [0.15, 0.2) is 0 Å². The van der Waals surface area contributed by atoms with Crippen LogP contribution < -0.4 is 5.32 Å². The standard InChI is InChI=1S/C13H16F3NOS/c14-13(15,16)11-4-2-1-3-10(11)7-17-8-12(18)5-6-19-9-12/h1-4,17-18H,5-9H2. The summed E-state index contributed by atoms with van der Waals surface area (Å²) in [5.74, 6) is 1.54. The van der Waals surface area contributed by atoms with Gasteiger partial charge in [0.2, 0.25) is 0 Å². The highest BCUT2D eigenvalue weighted by Gasteiger charge is 2.34. The average Bonchev–Trinajstić information content (AvgIpc) is 2.76. The van der Waals surface area contributed by atoms with Gasteiger partial charge in [-0.3, -0.25) is 0 Å². The molecule has 106 valence electrons. The molecule has 2 nitrogen and oxygen atoms in total. The molecule has 1 aliphatic rings. The second-order valence-electron chi connectivity index (χ2n) is 4.79. The molecular formula is C13H16F3NOS. The number of hydrogen-bond donors (Lipinski definition) is 2. The number of halogens is 3. The van der Waals surface area contributed by atoms with E-state index in [9.17, 15) is 18.3 Å². The van der Waals surface area contributed by atoms with E-state index in [2.05, 4.69) is 5.32 Å². The Hall–Kier alpha value is -0.720. The van der Waals surface area contributed by atoms with Crippen molar-refractivity contribution in [2.75, 3.05) is 18.1 Å². The van der Waals surface area contributed by atoms with Gasteiger partial charge in [0.25, 0.3) is 0 Å². The van der Waals surface area contributed by atoms with Gasteiger partial charge in [0.05, 0.1) is 11.2 Å². The summed E-state index contributed by atoms with van der Waals surface area (Å²) in [5, 5.41) is 13.0. The van der Waals surface area contributed by atoms with E-state index in [1.165, 1.54) is 12.1 Å². The van der Waals surface area contributed by atoms with Gasteiger partial charge in [-0.25, -0.2) is 0 Å². The zero-order valence-electron chi connectivity index (χ0n) is 10.3. The van der Waals surface area contributed by atoms with Crippen molar-refractivity contribution in [1.29, 1.82) is 0 Å². The quantitative estimate of drug-likeness (QED) is 0.894. The van der Waals surface area contributed by atoms with E-state index >= 15 is 0 Å². The molecule has 0 radical (unpaired) electrons. The van der Waals surface area contributed by atoms with Crippen molar-refractivity contribution < 1.29 is 18.3 Å². The monoisotopic (exact) mass is 291 g/mol. The summed E-state index contributed by atoms with van der Waals surface area (Å²) in [5.41, 5.74) is -1.18. The van der Waals surface area contributed by atoms with Crippen molar-refractivity contribution in [3.8, 4) is 0 Å². The molecule has 6 heteroatoms. The van der Waals surface area contributed by atoms with E-state index in [4.69, 9.17) is 0 Å². The molecular weight excluding hydrogens is 275 g/mol. The van der Waals surface area contributed by atoms with E-state index in [1.54, 1.807) is 17.8 Å². The summed E-state index contributed by atoms with van der Waals surface area (Å²) in [6.45, 7) is 0.439. The van der Waals surface area contributed by atoms with Crippen molar-refractivity contribution in [3.63, 3.8) is 0 Å². The highest BCUT2D eigenvalue weighted by molar-refractivity contribution is 7.99. The highest BCUT2D eigenvalue weighted by Crippen LogP contribution is 2.32. The number of benzene rings is 1. The van der Waals surface area contributed by atoms with Crippen molar-refractivity contribution in [2.24, 2.45) is 0 Å². The fourth-order valence-electron chi connectivity index (χ4n) is 2.12. The number of thioether (sulfide) groups is 1. The molecule has 0 amide bonds. The molecule has 0 bridgehead atoms. The molecule has 1 aliphatic heterocycles. The third kappa shape index (κ3) is 3.87. The molecule has 1 unspecified atom stereocenters. The molecule has 1 fully saturated rings. The molecule has 0 spiro atoms. The van der Waals surface area contributed by atoms with Crippen LogP contribution in [0, 0.1) is 0 Å². The van der Waals surface area contributed by atoms with Crippen LogP contribution in [0.1, 0.15) is 17.5 Å². The number of alkyl halides is 3. The number of nitrogens with one attached hydrogen (secondary N) is 1. The van der Waals surface area contributed by atoms with Crippen LogP contribution in [0.2, 0.25) is 0 Å². The first-order chi connectivity index (χ1) is 8.91. The molecule has 1 aromatic rings. The lowest BCUT2D eigenvalue weighted by Crippen LogP contribution is -2.40. The van der Waals surface area contributed by atoms with E-state index < -0.39 is 17.3 Å². The largest absolute Gasteiger partial charge is 0.416 e. The first-order valence-electron chi connectivity index (χ1n) is 6.07. The second kappa shape index (κ2) is 5.73. The summed E-state index contributed by atoms with van der Waals surface area (Å²) >= 11 is 1.66. The SMILES string of the molecule is OC1(CNCc2ccccc2C(F)(F)F)CCSC1. The Bertz CT molecular complexity index is 430. The lowest BCUT2D eigenvalue weighted by atomic mass is 10.0. The molecule has 1 saturated heterocycles. The summed E-state index contributed by atoms with van der Waals surface area (Å²) in [7, 11) is 0. The number of rotatable bonds is 4. The van der Waals surface area contributed by atoms with Gasteiger partial charge >= 0.3 is 6.18 Å². The fraction of sp³-hybridized carbons (Fsp3) is 0.538. The van der Waals surface area contributed by atoms with Crippen LogP contribution in [0.25, 0.3) is 0 Å². The number of aliphatic hydroxyl groups is 1. The zero-order chi connectivity index (χ0) is 13.9. The van der Waals surface area contributed by atoms with Gasteiger partial charge in [-0.15, -0.1) is 0 Å². The third-order valence-electron chi connectivity index (χ3n) is 3.17. The first kappa shape index (κ1) is 14.7.